The van der Waals surface area contributed by atoms with Crippen LogP contribution in [0.1, 0.15) is 76.5 Å². The van der Waals surface area contributed by atoms with Crippen LogP contribution in [0.2, 0.25) is 0 Å². The number of primary amides is 1. The minimum atomic E-state index is -0.828. The number of benzene rings is 1. The summed E-state index contributed by atoms with van der Waals surface area (Å²) in [7, 11) is 0. The summed E-state index contributed by atoms with van der Waals surface area (Å²) in [6, 6.07) is 1.75. The number of carbonyl (C=O) groups excluding carboxylic acids is 1. The maximum absolute atomic E-state index is 10.9. The van der Waals surface area contributed by atoms with E-state index in [2.05, 4.69) is 33.8 Å². The van der Waals surface area contributed by atoms with Gasteiger partial charge in [0.15, 0.2) is 0 Å². The van der Waals surface area contributed by atoms with E-state index >= 15 is 0 Å². The van der Waals surface area contributed by atoms with Crippen molar-refractivity contribution in [2.24, 2.45) is 5.73 Å². The van der Waals surface area contributed by atoms with Gasteiger partial charge in [-0.25, -0.2) is 4.79 Å². The molecular weight excluding hydrogens is 366 g/mol. The Hall–Kier alpha value is -2.43. The van der Waals surface area contributed by atoms with Crippen molar-refractivity contribution in [1.82, 2.24) is 0 Å². The minimum absolute atomic E-state index is 0.0953. The number of phenolic OH excluding ortho intramolecular Hbond substituents is 2. The molecule has 0 aromatic heterocycles. The lowest BCUT2D eigenvalue weighted by molar-refractivity contribution is 0.158. The molecule has 0 saturated carbocycles. The Morgan fingerprint density at radius 1 is 1.10 bits per heavy atom. The lowest BCUT2D eigenvalue weighted by Crippen LogP contribution is -2.15. The molecule has 0 heterocycles. The van der Waals surface area contributed by atoms with Crippen LogP contribution in [-0.4, -0.2) is 22.9 Å². The number of amides is 1. The Bertz CT molecular complexity index is 731. The fourth-order valence-corrected chi connectivity index (χ4v) is 3.28. The van der Waals surface area contributed by atoms with Crippen LogP contribution >= 0.6 is 0 Å². The smallest absolute Gasteiger partial charge is 0.404 e. The van der Waals surface area contributed by atoms with Crippen LogP contribution in [-0.2, 0) is 24.0 Å². The Morgan fingerprint density at radius 3 is 2.45 bits per heavy atom. The quantitative estimate of drug-likeness (QED) is 0.308. The molecule has 1 rings (SSSR count). The molecule has 0 fully saturated rings. The zero-order valence-corrected chi connectivity index (χ0v) is 18.4. The predicted octanol–water partition coefficient (Wildman–Crippen LogP) is 5.70. The zero-order chi connectivity index (χ0) is 21.8. The van der Waals surface area contributed by atoms with Crippen LogP contribution in [0.4, 0.5) is 4.79 Å². The van der Waals surface area contributed by atoms with Gasteiger partial charge in [0.25, 0.3) is 0 Å². The first-order valence-corrected chi connectivity index (χ1v) is 10.5. The second kappa shape index (κ2) is 12.9. The molecule has 1 amide bonds. The highest BCUT2D eigenvalue weighted by Crippen LogP contribution is 2.36. The molecule has 0 spiro atoms. The number of aryl methyl sites for hydroxylation is 1. The van der Waals surface area contributed by atoms with Gasteiger partial charge < -0.3 is 20.7 Å². The number of ether oxygens (including phenoxy) is 1. The molecule has 0 aliphatic carbocycles. The maximum Gasteiger partial charge on any atom is 0.404 e. The highest BCUT2D eigenvalue weighted by Gasteiger charge is 2.17. The van der Waals surface area contributed by atoms with Crippen molar-refractivity contribution < 1.29 is 19.7 Å². The van der Waals surface area contributed by atoms with E-state index in [-0.39, 0.29) is 18.1 Å². The number of rotatable bonds is 12. The molecule has 29 heavy (non-hydrogen) atoms. The topological polar surface area (TPSA) is 92.8 Å². The first-order valence-electron chi connectivity index (χ1n) is 10.5. The van der Waals surface area contributed by atoms with Crippen LogP contribution in [0.3, 0.4) is 0 Å². The molecule has 5 nitrogen and oxygen atoms in total. The average molecular weight is 404 g/mol. The van der Waals surface area contributed by atoms with Gasteiger partial charge in [0.2, 0.25) is 0 Å². The van der Waals surface area contributed by atoms with Gasteiger partial charge in [0.05, 0.1) is 6.61 Å². The third-order valence-corrected chi connectivity index (χ3v) is 4.97. The highest BCUT2D eigenvalue weighted by molar-refractivity contribution is 5.64. The van der Waals surface area contributed by atoms with Crippen LogP contribution in [0.15, 0.2) is 29.4 Å². The van der Waals surface area contributed by atoms with Gasteiger partial charge in [0.1, 0.15) is 11.5 Å². The number of aromatic hydroxyl groups is 2. The average Bonchev–Trinajstić information content (AvgIpc) is 2.63. The molecule has 0 aliphatic heterocycles. The summed E-state index contributed by atoms with van der Waals surface area (Å²) >= 11 is 0. The van der Waals surface area contributed by atoms with Crippen molar-refractivity contribution in [3.05, 3.63) is 46.1 Å². The lowest BCUT2D eigenvalue weighted by Gasteiger charge is -2.16. The van der Waals surface area contributed by atoms with E-state index in [1.807, 2.05) is 6.08 Å². The zero-order valence-electron chi connectivity index (χ0n) is 18.4. The maximum atomic E-state index is 10.9. The number of allylic oxidation sites excluding steroid dienone is 4. The Kier molecular flexibility index (Phi) is 11.0. The summed E-state index contributed by atoms with van der Waals surface area (Å²) in [5.74, 6) is 0.208. The molecule has 5 heteroatoms. The Morgan fingerprint density at radius 2 is 1.83 bits per heavy atom. The van der Waals surface area contributed by atoms with Crippen molar-refractivity contribution in [2.75, 3.05) is 6.61 Å². The molecule has 0 unspecified atom stereocenters. The van der Waals surface area contributed by atoms with Gasteiger partial charge in [-0.05, 0) is 64.5 Å². The van der Waals surface area contributed by atoms with Gasteiger partial charge in [-0.15, -0.1) is 0 Å². The number of phenols is 2. The van der Waals surface area contributed by atoms with E-state index in [4.69, 9.17) is 10.5 Å². The monoisotopic (exact) mass is 403 g/mol. The summed E-state index contributed by atoms with van der Waals surface area (Å²) in [6.07, 6.45) is 10.1. The number of carbonyl (C=O) groups is 1. The van der Waals surface area contributed by atoms with Crippen molar-refractivity contribution in [3.8, 4) is 11.5 Å². The van der Waals surface area contributed by atoms with E-state index in [0.29, 0.717) is 18.4 Å². The van der Waals surface area contributed by atoms with Crippen LogP contribution in [0, 0.1) is 0 Å². The third kappa shape index (κ3) is 9.07. The summed E-state index contributed by atoms with van der Waals surface area (Å²) < 4.78 is 4.86. The summed E-state index contributed by atoms with van der Waals surface area (Å²) in [6.45, 7) is 8.46. The summed E-state index contributed by atoms with van der Waals surface area (Å²) in [5, 5.41) is 21.4. The number of hydrogen-bond acceptors (Lipinski definition) is 4. The number of hydrogen-bond donors (Lipinski definition) is 3. The van der Waals surface area contributed by atoms with Crippen molar-refractivity contribution in [1.29, 1.82) is 0 Å². The fourth-order valence-electron chi connectivity index (χ4n) is 3.28. The van der Waals surface area contributed by atoms with Gasteiger partial charge in [-0.2, -0.15) is 0 Å². The van der Waals surface area contributed by atoms with E-state index < -0.39 is 6.09 Å². The molecule has 0 saturated heterocycles. The molecule has 4 N–H and O–H groups in total. The van der Waals surface area contributed by atoms with E-state index in [1.165, 1.54) is 11.1 Å². The fraction of sp³-hybridized carbons (Fsp3) is 0.542. The second-order valence-electron chi connectivity index (χ2n) is 7.81. The van der Waals surface area contributed by atoms with E-state index in [1.54, 1.807) is 6.07 Å². The molecule has 1 aromatic carbocycles. The standard InChI is InChI=1S/C24H37NO4/c1-5-6-7-11-19-16-22(26)21(13-12-18(4)10-8-9-17(2)3)23(27)20(19)14-15-29-24(25)28/h9,12,16,26-27H,5-8,10-11,13-15H2,1-4H3,(H2,25,28). The second-order valence-corrected chi connectivity index (χ2v) is 7.81. The molecule has 1 aromatic rings. The SMILES string of the molecule is CCCCCc1cc(O)c(CC=C(C)CCC=C(C)C)c(O)c1CCOC(N)=O. The van der Waals surface area contributed by atoms with Crippen molar-refractivity contribution >= 4 is 6.09 Å². The Balaban J connectivity index is 3.04. The number of unbranched alkanes of at least 4 members (excludes halogenated alkanes) is 2. The molecular formula is C24H37NO4. The lowest BCUT2D eigenvalue weighted by atomic mass is 9.93. The molecule has 0 bridgehead atoms. The van der Waals surface area contributed by atoms with Gasteiger partial charge in [-0.3, -0.25) is 0 Å². The van der Waals surface area contributed by atoms with Crippen LogP contribution in [0.25, 0.3) is 0 Å². The minimum Gasteiger partial charge on any atom is -0.508 e. The molecule has 162 valence electrons. The first-order chi connectivity index (χ1) is 13.8. The first kappa shape index (κ1) is 24.6. The summed E-state index contributed by atoms with van der Waals surface area (Å²) in [4.78, 5) is 10.9. The van der Waals surface area contributed by atoms with E-state index in [0.717, 1.165) is 49.7 Å². The molecule has 0 atom stereocenters. The highest BCUT2D eigenvalue weighted by atomic mass is 16.5. The van der Waals surface area contributed by atoms with Crippen molar-refractivity contribution in [2.45, 2.75) is 79.1 Å². The molecule has 0 radical (unpaired) electrons. The normalized spacial score (nSPS) is 11.4. The third-order valence-electron chi connectivity index (χ3n) is 4.97. The van der Waals surface area contributed by atoms with Gasteiger partial charge in [-0.1, -0.05) is 43.1 Å². The van der Waals surface area contributed by atoms with Gasteiger partial charge >= 0.3 is 6.09 Å². The Labute approximate surface area is 175 Å². The van der Waals surface area contributed by atoms with E-state index in [9.17, 15) is 15.0 Å². The predicted molar refractivity (Wildman–Crippen MR) is 118 cm³/mol. The van der Waals surface area contributed by atoms with Crippen LogP contribution < -0.4 is 5.73 Å². The molecule has 0 aliphatic rings. The number of nitrogens with two attached hydrogens (primary N) is 1. The van der Waals surface area contributed by atoms with Crippen LogP contribution in [0.5, 0.6) is 11.5 Å². The largest absolute Gasteiger partial charge is 0.508 e. The van der Waals surface area contributed by atoms with Crippen molar-refractivity contribution in [3.63, 3.8) is 0 Å². The summed E-state index contributed by atoms with van der Waals surface area (Å²) in [5.41, 5.74) is 9.70. The van der Waals surface area contributed by atoms with Gasteiger partial charge in [0, 0.05) is 17.5 Å².